The number of nitrogens with zero attached hydrogens (tertiary/aromatic N) is 3. The van der Waals surface area contributed by atoms with Crippen LogP contribution in [0.1, 0.15) is 17.5 Å². The van der Waals surface area contributed by atoms with E-state index < -0.39 is 0 Å². The Kier molecular flexibility index (Phi) is 9.01. The minimum atomic E-state index is 0. The molecule has 1 heterocycles. The summed E-state index contributed by atoms with van der Waals surface area (Å²) in [4.78, 5) is 4.21. The molecule has 0 saturated heterocycles. The van der Waals surface area contributed by atoms with Gasteiger partial charge in [-0.1, -0.05) is 29.8 Å². The van der Waals surface area contributed by atoms with Gasteiger partial charge in [0, 0.05) is 37.9 Å². The van der Waals surface area contributed by atoms with Crippen LogP contribution >= 0.6 is 35.6 Å². The largest absolute Gasteiger partial charge is 0.356 e. The van der Waals surface area contributed by atoms with Gasteiger partial charge in [-0.3, -0.25) is 9.67 Å². The van der Waals surface area contributed by atoms with Crippen molar-refractivity contribution >= 4 is 41.5 Å². The minimum Gasteiger partial charge on any atom is -0.356 e. The summed E-state index contributed by atoms with van der Waals surface area (Å²) < 4.78 is 1.96. The number of aromatic nitrogens is 2. The standard InChI is InChI=1S/C16H22ClN5.HI/c1-13-10-21-22(12-13)9-5-8-19-16(18-2)20-11-14-6-3-4-7-15(14)17;/h3-4,6-7,10,12H,5,8-9,11H2,1-2H3,(H2,18,19,20);1H. The molecule has 0 aliphatic rings. The number of nitrogens with one attached hydrogen (secondary N) is 2. The van der Waals surface area contributed by atoms with Crippen LogP contribution in [0.15, 0.2) is 41.7 Å². The van der Waals surface area contributed by atoms with Crippen molar-refractivity contribution in [3.8, 4) is 0 Å². The van der Waals surface area contributed by atoms with Crippen LogP contribution in [0.4, 0.5) is 0 Å². The van der Waals surface area contributed by atoms with Gasteiger partial charge < -0.3 is 10.6 Å². The summed E-state index contributed by atoms with van der Waals surface area (Å²) in [7, 11) is 1.76. The highest BCUT2D eigenvalue weighted by atomic mass is 127. The number of rotatable bonds is 6. The van der Waals surface area contributed by atoms with Gasteiger partial charge in [-0.25, -0.2) is 0 Å². The quantitative estimate of drug-likeness (QED) is 0.309. The molecular weight excluding hydrogens is 425 g/mol. The van der Waals surface area contributed by atoms with E-state index in [9.17, 15) is 0 Å². The smallest absolute Gasteiger partial charge is 0.191 e. The zero-order valence-corrected chi connectivity index (χ0v) is 16.5. The third kappa shape index (κ3) is 6.78. The maximum Gasteiger partial charge on any atom is 0.191 e. The molecule has 0 unspecified atom stereocenters. The summed E-state index contributed by atoms with van der Waals surface area (Å²) in [5.41, 5.74) is 2.24. The van der Waals surface area contributed by atoms with Crippen LogP contribution in [0.5, 0.6) is 0 Å². The molecule has 23 heavy (non-hydrogen) atoms. The molecule has 0 saturated carbocycles. The highest BCUT2D eigenvalue weighted by Gasteiger charge is 2.01. The molecule has 2 aromatic rings. The number of guanidine groups is 1. The number of benzene rings is 1. The maximum absolute atomic E-state index is 6.14. The maximum atomic E-state index is 6.14. The molecule has 1 aromatic heterocycles. The summed E-state index contributed by atoms with van der Waals surface area (Å²) in [5, 5.41) is 11.6. The van der Waals surface area contributed by atoms with Crippen LogP contribution in [0.25, 0.3) is 0 Å². The molecule has 0 atom stereocenters. The van der Waals surface area contributed by atoms with Crippen LogP contribution in [-0.4, -0.2) is 29.3 Å². The van der Waals surface area contributed by atoms with E-state index in [1.165, 1.54) is 5.56 Å². The molecule has 5 nitrogen and oxygen atoms in total. The molecule has 2 N–H and O–H groups in total. The van der Waals surface area contributed by atoms with E-state index in [-0.39, 0.29) is 24.0 Å². The van der Waals surface area contributed by atoms with E-state index in [4.69, 9.17) is 11.6 Å². The molecule has 0 spiro atoms. The fraction of sp³-hybridized carbons (Fsp3) is 0.375. The fourth-order valence-electron chi connectivity index (χ4n) is 2.08. The van der Waals surface area contributed by atoms with E-state index >= 15 is 0 Å². The van der Waals surface area contributed by atoms with E-state index in [1.54, 1.807) is 7.05 Å². The predicted octanol–water partition coefficient (Wildman–Crippen LogP) is 3.22. The van der Waals surface area contributed by atoms with Gasteiger partial charge in [0.2, 0.25) is 0 Å². The van der Waals surface area contributed by atoms with Crippen LogP contribution in [-0.2, 0) is 13.1 Å². The Hall–Kier alpha value is -1.28. The Labute approximate surface area is 159 Å². The monoisotopic (exact) mass is 447 g/mol. The van der Waals surface area contributed by atoms with Crippen LogP contribution in [0.3, 0.4) is 0 Å². The van der Waals surface area contributed by atoms with E-state index in [2.05, 4.69) is 20.7 Å². The van der Waals surface area contributed by atoms with Gasteiger partial charge in [0.25, 0.3) is 0 Å². The summed E-state index contributed by atoms with van der Waals surface area (Å²) in [5.74, 6) is 0.775. The zero-order valence-electron chi connectivity index (χ0n) is 13.4. The molecule has 0 bridgehead atoms. The van der Waals surface area contributed by atoms with E-state index in [0.717, 1.165) is 36.1 Å². The van der Waals surface area contributed by atoms with Crippen molar-refractivity contribution in [3.05, 3.63) is 52.8 Å². The second-order valence-electron chi connectivity index (χ2n) is 5.08. The van der Waals surface area contributed by atoms with Crippen molar-refractivity contribution in [3.63, 3.8) is 0 Å². The number of hydrogen-bond acceptors (Lipinski definition) is 2. The first kappa shape index (κ1) is 19.8. The van der Waals surface area contributed by atoms with Gasteiger partial charge >= 0.3 is 0 Å². The predicted molar refractivity (Wildman–Crippen MR) is 107 cm³/mol. The topological polar surface area (TPSA) is 54.2 Å². The summed E-state index contributed by atoms with van der Waals surface area (Å²) in [6, 6.07) is 7.80. The number of aryl methyl sites for hydroxylation is 2. The first-order chi connectivity index (χ1) is 10.7. The number of hydrogen-bond donors (Lipinski definition) is 2. The first-order valence-corrected chi connectivity index (χ1v) is 7.74. The van der Waals surface area contributed by atoms with Crippen LogP contribution in [0.2, 0.25) is 5.02 Å². The Balaban J connectivity index is 0.00000264. The summed E-state index contributed by atoms with van der Waals surface area (Å²) >= 11 is 6.14. The third-order valence-corrected chi connectivity index (χ3v) is 3.62. The Bertz CT molecular complexity index is 626. The van der Waals surface area contributed by atoms with Crippen molar-refractivity contribution in [2.24, 2.45) is 4.99 Å². The molecule has 2 rings (SSSR count). The summed E-state index contributed by atoms with van der Waals surface area (Å²) in [6.45, 7) is 4.42. The van der Waals surface area contributed by atoms with E-state index in [1.807, 2.05) is 48.3 Å². The molecule has 0 aliphatic carbocycles. The highest BCUT2D eigenvalue weighted by Crippen LogP contribution is 2.14. The van der Waals surface area contributed by atoms with Crippen LogP contribution < -0.4 is 10.6 Å². The Morgan fingerprint density at radius 2 is 2.09 bits per heavy atom. The van der Waals surface area contributed by atoms with Crippen molar-refractivity contribution < 1.29 is 0 Å². The van der Waals surface area contributed by atoms with Crippen LogP contribution in [0, 0.1) is 6.92 Å². The lowest BCUT2D eigenvalue weighted by atomic mass is 10.2. The van der Waals surface area contributed by atoms with Gasteiger partial charge in [-0.15, -0.1) is 24.0 Å². The number of halogens is 2. The third-order valence-electron chi connectivity index (χ3n) is 3.25. The molecule has 0 aliphatic heterocycles. The summed E-state index contributed by atoms with van der Waals surface area (Å²) in [6.07, 6.45) is 4.90. The first-order valence-electron chi connectivity index (χ1n) is 7.36. The number of aliphatic imine (C=N–C) groups is 1. The Morgan fingerprint density at radius 3 is 2.74 bits per heavy atom. The van der Waals surface area contributed by atoms with Gasteiger partial charge in [-0.2, -0.15) is 5.10 Å². The second kappa shape index (κ2) is 10.5. The highest BCUT2D eigenvalue weighted by molar-refractivity contribution is 14.0. The molecule has 7 heteroatoms. The average molecular weight is 448 g/mol. The zero-order chi connectivity index (χ0) is 15.8. The molecule has 0 fully saturated rings. The lowest BCUT2D eigenvalue weighted by molar-refractivity contribution is 0.570. The Morgan fingerprint density at radius 1 is 1.30 bits per heavy atom. The van der Waals surface area contributed by atoms with Crippen molar-refractivity contribution in [2.45, 2.75) is 26.4 Å². The molecule has 126 valence electrons. The molecule has 1 aromatic carbocycles. The minimum absolute atomic E-state index is 0. The van der Waals surface area contributed by atoms with Gasteiger partial charge in [0.1, 0.15) is 0 Å². The van der Waals surface area contributed by atoms with Crippen molar-refractivity contribution in [2.75, 3.05) is 13.6 Å². The van der Waals surface area contributed by atoms with Gasteiger partial charge in [0.05, 0.1) is 6.20 Å². The van der Waals surface area contributed by atoms with E-state index in [0.29, 0.717) is 6.54 Å². The molecule has 0 radical (unpaired) electrons. The van der Waals surface area contributed by atoms with Crippen molar-refractivity contribution in [1.29, 1.82) is 0 Å². The molecular formula is C16H23ClIN5. The normalized spacial score (nSPS) is 11.0. The van der Waals surface area contributed by atoms with Crippen molar-refractivity contribution in [1.82, 2.24) is 20.4 Å². The van der Waals surface area contributed by atoms with Gasteiger partial charge in [0.15, 0.2) is 5.96 Å². The molecule has 0 amide bonds. The average Bonchev–Trinajstić information content (AvgIpc) is 2.93. The SMILES string of the molecule is CN=C(NCCCn1cc(C)cn1)NCc1ccccc1Cl.I. The fourth-order valence-corrected chi connectivity index (χ4v) is 2.28. The van der Waals surface area contributed by atoms with Gasteiger partial charge in [-0.05, 0) is 30.5 Å². The lowest BCUT2D eigenvalue weighted by Crippen LogP contribution is -2.37. The lowest BCUT2D eigenvalue weighted by Gasteiger charge is -2.12. The second-order valence-corrected chi connectivity index (χ2v) is 5.49.